The van der Waals surface area contributed by atoms with Crippen molar-refractivity contribution < 1.29 is 17.6 Å². The summed E-state index contributed by atoms with van der Waals surface area (Å²) >= 11 is 5.88. The number of carbonyl (C=O) groups excluding carboxylic acids is 1. The van der Waals surface area contributed by atoms with Gasteiger partial charge in [-0.05, 0) is 18.6 Å². The summed E-state index contributed by atoms with van der Waals surface area (Å²) in [5.74, 6) is -1.41. The van der Waals surface area contributed by atoms with Gasteiger partial charge in [-0.3, -0.25) is 4.79 Å². The molecule has 0 fully saturated rings. The largest absolute Gasteiger partial charge is 0.291 e. The summed E-state index contributed by atoms with van der Waals surface area (Å²) in [4.78, 5) is 12.0. The molecule has 0 aliphatic carbocycles. The van der Waals surface area contributed by atoms with E-state index in [0.717, 1.165) is 12.3 Å². The van der Waals surface area contributed by atoms with Crippen molar-refractivity contribution in [3.8, 4) is 0 Å². The van der Waals surface area contributed by atoms with E-state index in [1.165, 1.54) is 25.1 Å². The predicted molar refractivity (Wildman–Crippen MR) is 64.4 cm³/mol. The first-order chi connectivity index (χ1) is 7.72. The van der Waals surface area contributed by atoms with Gasteiger partial charge in [-0.25, -0.2) is 12.8 Å². The second kappa shape index (κ2) is 4.74. The summed E-state index contributed by atoms with van der Waals surface area (Å²) in [6.45, 7) is 1.49. The minimum absolute atomic E-state index is 0.0488. The van der Waals surface area contributed by atoms with Gasteiger partial charge in [-0.15, -0.1) is 0 Å². The van der Waals surface area contributed by atoms with Gasteiger partial charge in [0.05, 0.1) is 0 Å². The van der Waals surface area contributed by atoms with Crippen molar-refractivity contribution in [1.82, 2.24) is 0 Å². The van der Waals surface area contributed by atoms with Crippen molar-refractivity contribution in [2.45, 2.75) is 17.6 Å². The summed E-state index contributed by atoms with van der Waals surface area (Å²) in [5, 5.41) is 0. The highest BCUT2D eigenvalue weighted by atomic mass is 35.5. The Morgan fingerprint density at radius 1 is 1.47 bits per heavy atom. The van der Waals surface area contributed by atoms with E-state index in [4.69, 9.17) is 11.6 Å². The lowest BCUT2D eigenvalue weighted by atomic mass is 10.1. The van der Waals surface area contributed by atoms with Crippen molar-refractivity contribution >= 4 is 27.2 Å². The molecule has 1 atom stereocenters. The third-order valence-corrected chi connectivity index (χ3v) is 5.40. The van der Waals surface area contributed by atoms with Gasteiger partial charge in [-0.2, -0.15) is 0 Å². The van der Waals surface area contributed by atoms with Gasteiger partial charge in [0.2, 0.25) is 4.21 Å². The Morgan fingerprint density at radius 2 is 2.06 bits per heavy atom. The Hall–Kier alpha value is -0.940. The zero-order valence-corrected chi connectivity index (χ0v) is 11.0. The van der Waals surface area contributed by atoms with Crippen molar-refractivity contribution in [1.29, 1.82) is 0 Å². The Kier molecular flexibility index (Phi) is 3.94. The van der Waals surface area contributed by atoms with Crippen molar-refractivity contribution in [2.24, 2.45) is 0 Å². The monoisotopic (exact) mass is 278 g/mol. The summed E-state index contributed by atoms with van der Waals surface area (Å²) in [5.41, 5.74) is -0.0488. The molecule has 1 aromatic rings. The van der Waals surface area contributed by atoms with Gasteiger partial charge in [0.25, 0.3) is 0 Å². The number of carbonyl (C=O) groups is 1. The number of benzene rings is 1. The van der Waals surface area contributed by atoms with E-state index in [1.54, 1.807) is 0 Å². The lowest BCUT2D eigenvalue weighted by Gasteiger charge is -2.21. The van der Waals surface area contributed by atoms with Gasteiger partial charge in [0.1, 0.15) is 5.82 Å². The van der Waals surface area contributed by atoms with Gasteiger partial charge in [0, 0.05) is 11.8 Å². The minimum atomic E-state index is -3.78. The van der Waals surface area contributed by atoms with Crippen LogP contribution in [-0.4, -0.2) is 24.7 Å². The van der Waals surface area contributed by atoms with E-state index in [-0.39, 0.29) is 12.0 Å². The molecule has 1 rings (SSSR count). The molecular formula is C11H12ClFO3S. The number of rotatable bonds is 4. The fraction of sp³-hybridized carbons (Fsp3) is 0.364. The molecule has 0 saturated carbocycles. The molecule has 0 aliphatic rings. The summed E-state index contributed by atoms with van der Waals surface area (Å²) < 4.78 is 34.0. The van der Waals surface area contributed by atoms with E-state index < -0.39 is 25.6 Å². The Labute approximate surface area is 105 Å². The summed E-state index contributed by atoms with van der Waals surface area (Å²) in [6.07, 6.45) is 0.809. The highest BCUT2D eigenvalue weighted by molar-refractivity contribution is 7.94. The molecule has 0 amide bonds. The van der Waals surface area contributed by atoms with Crippen LogP contribution in [0.15, 0.2) is 24.3 Å². The summed E-state index contributed by atoms with van der Waals surface area (Å²) in [6, 6.07) is 4.81. The molecule has 0 aromatic heterocycles. The van der Waals surface area contributed by atoms with Crippen LogP contribution >= 0.6 is 11.6 Å². The van der Waals surface area contributed by atoms with Gasteiger partial charge >= 0.3 is 0 Å². The number of alkyl halides is 1. The first-order valence-electron chi connectivity index (χ1n) is 4.91. The molecule has 0 saturated heterocycles. The number of hydrogen-bond donors (Lipinski definition) is 0. The predicted octanol–water partition coefficient (Wildman–Crippen LogP) is 2.40. The van der Waals surface area contributed by atoms with E-state index in [9.17, 15) is 17.6 Å². The quantitative estimate of drug-likeness (QED) is 0.628. The smallest absolute Gasteiger partial charge is 0.207 e. The second-order valence-corrected chi connectivity index (χ2v) is 6.80. The van der Waals surface area contributed by atoms with E-state index in [1.807, 2.05) is 0 Å². The SMILES string of the molecule is CC[C@](Cl)(C(=O)c1cccc(F)c1)S(C)(=O)=O. The van der Waals surface area contributed by atoms with E-state index in [0.29, 0.717) is 0 Å². The van der Waals surface area contributed by atoms with Crippen LogP contribution in [0.1, 0.15) is 23.7 Å². The maximum absolute atomic E-state index is 13.0. The molecular weight excluding hydrogens is 267 g/mol. The van der Waals surface area contributed by atoms with Crippen molar-refractivity contribution in [3.05, 3.63) is 35.6 Å². The first kappa shape index (κ1) is 14.1. The molecule has 1 aromatic carbocycles. The number of hydrogen-bond acceptors (Lipinski definition) is 3. The zero-order chi connectivity index (χ0) is 13.3. The molecule has 0 spiro atoms. The van der Waals surface area contributed by atoms with Gasteiger partial charge < -0.3 is 0 Å². The molecule has 0 bridgehead atoms. The highest BCUT2D eigenvalue weighted by Gasteiger charge is 2.45. The average molecular weight is 279 g/mol. The fourth-order valence-corrected chi connectivity index (χ4v) is 2.52. The Balaban J connectivity index is 3.29. The molecule has 0 heterocycles. The minimum Gasteiger partial charge on any atom is -0.291 e. The number of Topliss-reactive ketones (excluding diaryl/α,β-unsaturated/α-hetero) is 1. The topological polar surface area (TPSA) is 51.2 Å². The van der Waals surface area contributed by atoms with E-state index >= 15 is 0 Å². The molecule has 6 heteroatoms. The Morgan fingerprint density at radius 3 is 2.47 bits per heavy atom. The molecule has 94 valence electrons. The molecule has 3 nitrogen and oxygen atoms in total. The third kappa shape index (κ3) is 2.66. The number of ketones is 1. The number of halogens is 2. The van der Waals surface area contributed by atoms with Crippen molar-refractivity contribution in [3.63, 3.8) is 0 Å². The third-order valence-electron chi connectivity index (χ3n) is 2.47. The van der Waals surface area contributed by atoms with Crippen LogP contribution in [0.5, 0.6) is 0 Å². The lowest BCUT2D eigenvalue weighted by molar-refractivity contribution is 0.0970. The molecule has 0 unspecified atom stereocenters. The molecule has 0 N–H and O–H groups in total. The van der Waals surface area contributed by atoms with Crippen LogP contribution < -0.4 is 0 Å². The maximum Gasteiger partial charge on any atom is 0.207 e. The van der Waals surface area contributed by atoms with Crippen molar-refractivity contribution in [2.75, 3.05) is 6.26 Å². The average Bonchev–Trinajstić information content (AvgIpc) is 2.25. The lowest BCUT2D eigenvalue weighted by Crippen LogP contribution is -2.40. The van der Waals surface area contributed by atoms with Gasteiger partial charge in [-0.1, -0.05) is 30.7 Å². The van der Waals surface area contributed by atoms with Crippen LogP contribution in [0.2, 0.25) is 0 Å². The normalized spacial score (nSPS) is 15.3. The number of sulfone groups is 1. The van der Waals surface area contributed by atoms with E-state index in [2.05, 4.69) is 0 Å². The standard InChI is InChI=1S/C11H12ClFO3S/c1-3-11(12,17(2,15)16)10(14)8-5-4-6-9(13)7-8/h4-7H,3H2,1-2H3/t11-/m1/s1. The van der Waals surface area contributed by atoms with Gasteiger partial charge in [0.15, 0.2) is 15.6 Å². The Bertz CT molecular complexity index is 541. The maximum atomic E-state index is 13.0. The highest BCUT2D eigenvalue weighted by Crippen LogP contribution is 2.30. The van der Waals surface area contributed by atoms with Crippen LogP contribution in [0.25, 0.3) is 0 Å². The van der Waals surface area contributed by atoms with Crippen LogP contribution in [0.4, 0.5) is 4.39 Å². The first-order valence-corrected chi connectivity index (χ1v) is 7.18. The zero-order valence-electron chi connectivity index (χ0n) is 9.41. The summed E-state index contributed by atoms with van der Waals surface area (Å²) in [7, 11) is -3.78. The van der Waals surface area contributed by atoms with Crippen LogP contribution in [0, 0.1) is 5.82 Å². The molecule has 0 aliphatic heterocycles. The molecule has 17 heavy (non-hydrogen) atoms. The second-order valence-electron chi connectivity index (χ2n) is 3.69. The molecule has 0 radical (unpaired) electrons. The van der Waals surface area contributed by atoms with Crippen LogP contribution in [-0.2, 0) is 9.84 Å². The van der Waals surface area contributed by atoms with Crippen LogP contribution in [0.3, 0.4) is 0 Å². The fourth-order valence-electron chi connectivity index (χ4n) is 1.44.